The van der Waals surface area contributed by atoms with Gasteiger partial charge in [-0.15, -0.1) is 6.42 Å². The highest BCUT2D eigenvalue weighted by molar-refractivity contribution is 5.30. The van der Waals surface area contributed by atoms with Gasteiger partial charge in [0.2, 0.25) is 17.3 Å². The number of fused-ring (bicyclic) bond motifs is 5. The van der Waals surface area contributed by atoms with Crippen LogP contribution in [0.25, 0.3) is 0 Å². The molecule has 0 aromatic rings. The third kappa shape index (κ3) is 3.18. The van der Waals surface area contributed by atoms with Crippen LogP contribution in [0.15, 0.2) is 34.9 Å². The van der Waals surface area contributed by atoms with Crippen LogP contribution in [0.3, 0.4) is 0 Å². The lowest BCUT2D eigenvalue weighted by atomic mass is 9.51. The Balaban J connectivity index is 1.25. The van der Waals surface area contributed by atoms with E-state index in [1.54, 1.807) is 0 Å². The second-order valence-corrected chi connectivity index (χ2v) is 11.3. The molecule has 6 rings (SSSR count). The summed E-state index contributed by atoms with van der Waals surface area (Å²) in [6.07, 6.45) is 14.3. The molecule has 0 radical (unpaired) electrons. The van der Waals surface area contributed by atoms with E-state index in [-0.39, 0.29) is 5.41 Å². The van der Waals surface area contributed by atoms with Gasteiger partial charge < -0.3 is 39.4 Å². The maximum atomic E-state index is 10.4. The molecule has 4 aliphatic carbocycles. The summed E-state index contributed by atoms with van der Waals surface area (Å²) in [5.74, 6) is 1.04. The van der Waals surface area contributed by atoms with Gasteiger partial charge in [-0.3, -0.25) is 0 Å². The summed E-state index contributed by atoms with van der Waals surface area (Å²) in [4.78, 5) is 0. The molecule has 4 fully saturated rings. The second-order valence-electron chi connectivity index (χ2n) is 11.3. The van der Waals surface area contributed by atoms with Gasteiger partial charge in [0.15, 0.2) is 5.79 Å². The van der Waals surface area contributed by atoms with Crippen LogP contribution in [-0.2, 0) is 18.9 Å². The topological polar surface area (TPSA) is 118 Å². The SMILES string of the molecule is C#C[C@]1(OC2OC(O)=C(O)C(O)=C2O)CC[C@H]2[C@@H]3CC=C4CC5(CC[C@@H]4[C@H]3CC[C@@]21C)OCCO5. The minimum Gasteiger partial charge on any atom is -0.503 e. The highest BCUT2D eigenvalue weighted by Gasteiger charge is 2.64. The van der Waals surface area contributed by atoms with Crippen molar-refractivity contribution >= 4 is 0 Å². The molecule has 3 saturated carbocycles. The lowest BCUT2D eigenvalue weighted by molar-refractivity contribution is -0.228. The van der Waals surface area contributed by atoms with Crippen LogP contribution in [0, 0.1) is 41.4 Å². The average Bonchev–Trinajstić information content (AvgIpc) is 3.43. The molecule has 8 nitrogen and oxygen atoms in total. The lowest BCUT2D eigenvalue weighted by Gasteiger charge is -2.56. The zero-order valence-electron chi connectivity index (χ0n) is 20.0. The lowest BCUT2D eigenvalue weighted by Crippen LogP contribution is -2.55. The molecule has 6 aliphatic rings. The van der Waals surface area contributed by atoms with Crippen LogP contribution in [0.4, 0.5) is 0 Å². The van der Waals surface area contributed by atoms with E-state index in [9.17, 15) is 20.4 Å². The molecule has 2 aliphatic heterocycles. The molecule has 1 unspecified atom stereocenters. The predicted octanol–water partition coefficient (Wildman–Crippen LogP) is 4.66. The molecule has 2 heterocycles. The van der Waals surface area contributed by atoms with E-state index >= 15 is 0 Å². The van der Waals surface area contributed by atoms with Crippen LogP contribution in [0.1, 0.15) is 58.3 Å². The van der Waals surface area contributed by atoms with Crippen molar-refractivity contribution in [2.75, 3.05) is 13.2 Å². The van der Waals surface area contributed by atoms with Gasteiger partial charge in [0, 0.05) is 18.3 Å². The van der Waals surface area contributed by atoms with E-state index in [4.69, 9.17) is 25.4 Å². The first-order valence-corrected chi connectivity index (χ1v) is 12.8. The summed E-state index contributed by atoms with van der Waals surface area (Å²) in [6, 6.07) is 0. The number of hydrogen-bond acceptors (Lipinski definition) is 8. The van der Waals surface area contributed by atoms with Gasteiger partial charge in [-0.05, 0) is 62.2 Å². The Morgan fingerprint density at radius 2 is 1.77 bits per heavy atom. The number of rotatable bonds is 2. The van der Waals surface area contributed by atoms with Gasteiger partial charge >= 0.3 is 5.95 Å². The van der Waals surface area contributed by atoms with Crippen LogP contribution < -0.4 is 0 Å². The summed E-state index contributed by atoms with van der Waals surface area (Å²) >= 11 is 0. The number of allylic oxidation sites excluding steroid dienone is 1. The number of aliphatic hydroxyl groups excluding tert-OH is 4. The predicted molar refractivity (Wildman–Crippen MR) is 124 cm³/mol. The molecule has 7 atom stereocenters. The quantitative estimate of drug-likeness (QED) is 0.329. The summed E-state index contributed by atoms with van der Waals surface area (Å²) in [5, 5.41) is 39.9. The van der Waals surface area contributed by atoms with Gasteiger partial charge in [0.05, 0.1) is 13.2 Å². The molecule has 0 aromatic carbocycles. The van der Waals surface area contributed by atoms with Crippen molar-refractivity contribution in [1.29, 1.82) is 0 Å². The Labute approximate surface area is 205 Å². The van der Waals surface area contributed by atoms with Crippen molar-refractivity contribution in [3.05, 3.63) is 34.9 Å². The molecule has 4 N–H and O–H groups in total. The van der Waals surface area contributed by atoms with Gasteiger partial charge in [0.25, 0.3) is 6.29 Å². The monoisotopic (exact) mass is 486 g/mol. The van der Waals surface area contributed by atoms with Crippen molar-refractivity contribution in [3.63, 3.8) is 0 Å². The molecular weight excluding hydrogens is 452 g/mol. The van der Waals surface area contributed by atoms with Gasteiger partial charge in [-0.25, -0.2) is 0 Å². The summed E-state index contributed by atoms with van der Waals surface area (Å²) in [7, 11) is 0. The molecule has 1 saturated heterocycles. The normalized spacial score (nSPS) is 44.2. The average molecular weight is 487 g/mol. The molecule has 190 valence electrons. The first-order valence-electron chi connectivity index (χ1n) is 12.8. The fourth-order valence-corrected chi connectivity index (χ4v) is 8.26. The third-order valence-corrected chi connectivity index (χ3v) is 10.0. The summed E-state index contributed by atoms with van der Waals surface area (Å²) in [6.45, 7) is 3.53. The van der Waals surface area contributed by atoms with E-state index < -0.39 is 40.9 Å². The molecule has 1 spiro atoms. The minimum absolute atomic E-state index is 0.339. The van der Waals surface area contributed by atoms with Crippen molar-refractivity contribution in [3.8, 4) is 12.3 Å². The van der Waals surface area contributed by atoms with Crippen molar-refractivity contribution in [1.82, 2.24) is 0 Å². The van der Waals surface area contributed by atoms with Crippen LogP contribution in [0.5, 0.6) is 0 Å². The Hall–Kier alpha value is -2.34. The first-order chi connectivity index (χ1) is 16.7. The highest BCUT2D eigenvalue weighted by Crippen LogP contribution is 2.66. The van der Waals surface area contributed by atoms with Crippen molar-refractivity contribution < 1.29 is 39.4 Å². The van der Waals surface area contributed by atoms with Crippen LogP contribution >= 0.6 is 0 Å². The standard InChI is InChI=1S/C27H34O8/c1-3-26(35-24-22(30)20(28)21(29)23(31)34-24)10-8-19-18-5-4-15-14-27(32-12-13-33-27)11-7-16(15)17(18)6-9-25(19,26)2/h1,4,16-19,24,28-31H,5-14H2,2H3/t16-,17+,18+,19-,24?,25-,26-/m0/s1. The summed E-state index contributed by atoms with van der Waals surface area (Å²) < 4.78 is 23.4. The smallest absolute Gasteiger partial charge is 0.327 e. The van der Waals surface area contributed by atoms with Crippen molar-refractivity contribution in [2.45, 2.75) is 76.0 Å². The Morgan fingerprint density at radius 1 is 1.00 bits per heavy atom. The third-order valence-electron chi connectivity index (χ3n) is 10.0. The zero-order chi connectivity index (χ0) is 24.6. The molecule has 0 aromatic heterocycles. The van der Waals surface area contributed by atoms with E-state index in [0.717, 1.165) is 44.9 Å². The number of ether oxygens (including phenoxy) is 4. The number of terminal acetylenes is 1. The Bertz CT molecular complexity index is 1050. The fraction of sp³-hybridized carbons (Fsp3) is 0.704. The maximum Gasteiger partial charge on any atom is 0.327 e. The van der Waals surface area contributed by atoms with E-state index in [1.165, 1.54) is 5.57 Å². The van der Waals surface area contributed by atoms with Gasteiger partial charge in [-0.2, -0.15) is 0 Å². The van der Waals surface area contributed by atoms with E-state index in [1.807, 2.05) is 0 Å². The summed E-state index contributed by atoms with van der Waals surface area (Å²) in [5.41, 5.74) is 0.0876. The second kappa shape index (κ2) is 7.83. The van der Waals surface area contributed by atoms with Crippen molar-refractivity contribution in [2.24, 2.45) is 29.1 Å². The highest BCUT2D eigenvalue weighted by atomic mass is 16.7. The van der Waals surface area contributed by atoms with Crippen LogP contribution in [-0.4, -0.2) is 51.3 Å². The maximum absolute atomic E-state index is 10.4. The number of aliphatic hydroxyl groups is 4. The minimum atomic E-state index is -1.49. The molecule has 35 heavy (non-hydrogen) atoms. The Morgan fingerprint density at radius 3 is 2.51 bits per heavy atom. The largest absolute Gasteiger partial charge is 0.503 e. The molecule has 8 heteroatoms. The fourth-order valence-electron chi connectivity index (χ4n) is 8.26. The number of hydrogen-bond donors (Lipinski definition) is 4. The Kier molecular flexibility index (Phi) is 5.16. The first kappa shape index (κ1) is 23.1. The van der Waals surface area contributed by atoms with E-state index in [0.29, 0.717) is 43.3 Å². The van der Waals surface area contributed by atoms with Crippen LogP contribution in [0.2, 0.25) is 0 Å². The van der Waals surface area contributed by atoms with Gasteiger partial charge in [-0.1, -0.05) is 24.5 Å². The zero-order valence-corrected chi connectivity index (χ0v) is 20.0. The molecule has 0 amide bonds. The molecular formula is C27H34O8. The molecule has 0 bridgehead atoms. The van der Waals surface area contributed by atoms with Gasteiger partial charge in [0.1, 0.15) is 5.60 Å². The van der Waals surface area contributed by atoms with E-state index in [2.05, 4.69) is 18.9 Å².